The van der Waals surface area contributed by atoms with Gasteiger partial charge in [-0.1, -0.05) is 12.1 Å². The van der Waals surface area contributed by atoms with E-state index in [0.29, 0.717) is 48.4 Å². The number of hydrogen-bond acceptors (Lipinski definition) is 5. The quantitative estimate of drug-likeness (QED) is 0.453. The van der Waals surface area contributed by atoms with Crippen LogP contribution >= 0.6 is 0 Å². The molecule has 1 atom stereocenters. The molecule has 1 heterocycles. The van der Waals surface area contributed by atoms with Crippen LogP contribution in [-0.4, -0.2) is 41.6 Å². The molecule has 0 saturated heterocycles. The normalized spacial score (nSPS) is 14.2. The zero-order valence-electron chi connectivity index (χ0n) is 19.3. The fourth-order valence-electron chi connectivity index (χ4n) is 3.55. The smallest absolute Gasteiger partial charge is 0.408 e. The molecule has 0 aromatic heterocycles. The highest BCUT2D eigenvalue weighted by atomic mass is 19.1. The third kappa shape index (κ3) is 6.09. The third-order valence-electron chi connectivity index (χ3n) is 5.08. The minimum atomic E-state index is -0.648. The van der Waals surface area contributed by atoms with Gasteiger partial charge in [0.25, 0.3) is 11.8 Å². The number of carbonyl (C=O) groups excluding carboxylic acids is 3. The van der Waals surface area contributed by atoms with E-state index in [1.165, 1.54) is 23.1 Å². The Morgan fingerprint density at radius 3 is 2.30 bits per heavy atom. The number of hydrogen-bond donors (Lipinski definition) is 1. The number of carbonyl (C=O) groups is 3. The molecule has 0 bridgehead atoms. The summed E-state index contributed by atoms with van der Waals surface area (Å²) in [5.74, 6) is -0.555. The van der Waals surface area contributed by atoms with Crippen molar-refractivity contribution in [1.29, 1.82) is 0 Å². The molecule has 33 heavy (non-hydrogen) atoms. The lowest BCUT2D eigenvalue weighted by atomic mass is 10.1. The average molecular weight is 457 g/mol. The van der Waals surface area contributed by atoms with Gasteiger partial charge in [-0.25, -0.2) is 9.18 Å². The van der Waals surface area contributed by atoms with E-state index >= 15 is 0 Å². The standard InChI is InChI=1S/C25H29FN2O5/c1-16(27-24(31)33-25(2,3)4)20-15-17(26)11-12-21(20)32-14-8-7-13-28-22(29)18-9-5-6-10-19(18)23(28)30/h5-6,9-12,15-16H,7-8,13-14H2,1-4H3,(H,27,31). The van der Waals surface area contributed by atoms with Crippen LogP contribution in [0.4, 0.5) is 9.18 Å². The van der Waals surface area contributed by atoms with Gasteiger partial charge in [0.2, 0.25) is 0 Å². The minimum absolute atomic E-state index is 0.278. The van der Waals surface area contributed by atoms with E-state index in [0.717, 1.165) is 0 Å². The lowest BCUT2D eigenvalue weighted by molar-refractivity contribution is 0.0505. The molecule has 0 radical (unpaired) electrons. The summed E-state index contributed by atoms with van der Waals surface area (Å²) in [5.41, 5.74) is 0.702. The maximum atomic E-state index is 13.8. The van der Waals surface area contributed by atoms with Crippen molar-refractivity contribution in [2.75, 3.05) is 13.2 Å². The fraction of sp³-hybridized carbons (Fsp3) is 0.400. The first-order chi connectivity index (χ1) is 15.6. The van der Waals surface area contributed by atoms with Gasteiger partial charge in [0.05, 0.1) is 23.8 Å². The Labute approximate surface area is 192 Å². The van der Waals surface area contributed by atoms with Gasteiger partial charge in [-0.05, 0) is 70.9 Å². The van der Waals surface area contributed by atoms with Gasteiger partial charge in [-0.3, -0.25) is 14.5 Å². The molecule has 0 spiro atoms. The second-order valence-electron chi connectivity index (χ2n) is 8.91. The number of benzene rings is 2. The zero-order chi connectivity index (χ0) is 24.2. The molecule has 0 fully saturated rings. The monoisotopic (exact) mass is 456 g/mol. The van der Waals surface area contributed by atoms with Gasteiger partial charge < -0.3 is 14.8 Å². The number of halogens is 1. The molecule has 7 nitrogen and oxygen atoms in total. The van der Waals surface area contributed by atoms with Crippen molar-refractivity contribution in [2.24, 2.45) is 0 Å². The van der Waals surface area contributed by atoms with E-state index in [1.807, 2.05) is 0 Å². The number of nitrogens with zero attached hydrogens (tertiary/aromatic N) is 1. The summed E-state index contributed by atoms with van der Waals surface area (Å²) in [5, 5.41) is 2.69. The molecule has 3 amide bonds. The summed E-state index contributed by atoms with van der Waals surface area (Å²) in [6.45, 7) is 7.60. The number of fused-ring (bicyclic) bond motifs is 1. The number of nitrogens with one attached hydrogen (secondary N) is 1. The fourth-order valence-corrected chi connectivity index (χ4v) is 3.55. The third-order valence-corrected chi connectivity index (χ3v) is 5.08. The molecule has 8 heteroatoms. The Hall–Kier alpha value is -3.42. The van der Waals surface area contributed by atoms with Gasteiger partial charge >= 0.3 is 6.09 Å². The lowest BCUT2D eigenvalue weighted by Crippen LogP contribution is -2.34. The summed E-state index contributed by atoms with van der Waals surface area (Å²) in [6.07, 6.45) is 0.539. The Kier molecular flexibility index (Phi) is 7.36. The highest BCUT2D eigenvalue weighted by Crippen LogP contribution is 2.27. The molecule has 176 valence electrons. The predicted octanol–water partition coefficient (Wildman–Crippen LogP) is 4.87. The molecule has 1 aliphatic rings. The van der Waals surface area contributed by atoms with Crippen molar-refractivity contribution in [1.82, 2.24) is 10.2 Å². The van der Waals surface area contributed by atoms with E-state index in [1.54, 1.807) is 52.0 Å². The predicted molar refractivity (Wildman–Crippen MR) is 121 cm³/mol. The molecule has 1 aliphatic heterocycles. The van der Waals surface area contributed by atoms with Crippen molar-refractivity contribution in [3.8, 4) is 5.75 Å². The summed E-state index contributed by atoms with van der Waals surface area (Å²) in [7, 11) is 0. The first kappa shape index (κ1) is 24.2. The van der Waals surface area contributed by atoms with Crippen molar-refractivity contribution >= 4 is 17.9 Å². The van der Waals surface area contributed by atoms with Gasteiger partial charge in [0, 0.05) is 12.1 Å². The Balaban J connectivity index is 1.52. The average Bonchev–Trinajstić information content (AvgIpc) is 2.98. The van der Waals surface area contributed by atoms with Crippen LogP contribution in [0.2, 0.25) is 0 Å². The Bertz CT molecular complexity index is 1010. The largest absolute Gasteiger partial charge is 0.493 e. The van der Waals surface area contributed by atoms with Crippen LogP contribution in [0.1, 0.15) is 72.9 Å². The number of imide groups is 1. The van der Waals surface area contributed by atoms with Crippen LogP contribution < -0.4 is 10.1 Å². The number of alkyl carbamates (subject to hydrolysis) is 1. The van der Waals surface area contributed by atoms with E-state index in [9.17, 15) is 18.8 Å². The molecule has 2 aromatic rings. The molecular formula is C25H29FN2O5. The number of unbranched alkanes of at least 4 members (excludes halogenated alkanes) is 1. The molecular weight excluding hydrogens is 427 g/mol. The Morgan fingerprint density at radius 1 is 1.06 bits per heavy atom. The Morgan fingerprint density at radius 2 is 1.70 bits per heavy atom. The van der Waals surface area contributed by atoms with Crippen LogP contribution in [0.5, 0.6) is 5.75 Å². The summed E-state index contributed by atoms with van der Waals surface area (Å²) >= 11 is 0. The molecule has 1 unspecified atom stereocenters. The van der Waals surface area contributed by atoms with Crippen molar-refractivity contribution < 1.29 is 28.2 Å². The van der Waals surface area contributed by atoms with E-state index in [2.05, 4.69) is 5.32 Å². The van der Waals surface area contributed by atoms with Crippen molar-refractivity contribution in [3.05, 3.63) is 65.0 Å². The van der Waals surface area contributed by atoms with E-state index in [4.69, 9.17) is 9.47 Å². The van der Waals surface area contributed by atoms with Crippen LogP contribution in [0, 0.1) is 5.82 Å². The van der Waals surface area contributed by atoms with Crippen molar-refractivity contribution in [3.63, 3.8) is 0 Å². The highest BCUT2D eigenvalue weighted by Gasteiger charge is 2.34. The first-order valence-electron chi connectivity index (χ1n) is 10.9. The highest BCUT2D eigenvalue weighted by molar-refractivity contribution is 6.21. The molecule has 1 N–H and O–H groups in total. The number of ether oxygens (including phenoxy) is 2. The number of amides is 3. The summed E-state index contributed by atoms with van der Waals surface area (Å²) < 4.78 is 24.9. The molecule has 3 rings (SSSR count). The first-order valence-corrected chi connectivity index (χ1v) is 10.9. The topological polar surface area (TPSA) is 84.9 Å². The molecule has 0 saturated carbocycles. The van der Waals surface area contributed by atoms with Crippen LogP contribution in [0.25, 0.3) is 0 Å². The van der Waals surface area contributed by atoms with Crippen LogP contribution in [0.3, 0.4) is 0 Å². The van der Waals surface area contributed by atoms with E-state index < -0.39 is 23.6 Å². The lowest BCUT2D eigenvalue weighted by Gasteiger charge is -2.23. The maximum Gasteiger partial charge on any atom is 0.408 e. The van der Waals surface area contributed by atoms with Crippen molar-refractivity contribution in [2.45, 2.75) is 52.2 Å². The second kappa shape index (κ2) is 10.0. The summed E-state index contributed by atoms with van der Waals surface area (Å²) in [4.78, 5) is 38.1. The zero-order valence-corrected chi connectivity index (χ0v) is 19.3. The van der Waals surface area contributed by atoms with Gasteiger partial charge in [0.15, 0.2) is 0 Å². The van der Waals surface area contributed by atoms with Gasteiger partial charge in [-0.2, -0.15) is 0 Å². The molecule has 2 aromatic carbocycles. The minimum Gasteiger partial charge on any atom is -0.493 e. The van der Waals surface area contributed by atoms with E-state index in [-0.39, 0.29) is 11.8 Å². The van der Waals surface area contributed by atoms with Gasteiger partial charge in [0.1, 0.15) is 17.2 Å². The summed E-state index contributed by atoms with van der Waals surface area (Å²) in [6, 6.07) is 10.4. The van der Waals surface area contributed by atoms with Crippen LogP contribution in [-0.2, 0) is 4.74 Å². The second-order valence-corrected chi connectivity index (χ2v) is 8.91. The van der Waals surface area contributed by atoms with Crippen LogP contribution in [0.15, 0.2) is 42.5 Å². The SMILES string of the molecule is CC(NC(=O)OC(C)(C)C)c1cc(F)ccc1OCCCCN1C(=O)c2ccccc2C1=O. The number of rotatable bonds is 8. The molecule has 0 aliphatic carbocycles. The maximum absolute atomic E-state index is 13.8. The van der Waals surface area contributed by atoms with Gasteiger partial charge in [-0.15, -0.1) is 0 Å².